The molecule has 7 heteroatoms. The van der Waals surface area contributed by atoms with Crippen molar-refractivity contribution in [1.29, 1.82) is 0 Å². The highest BCUT2D eigenvalue weighted by atomic mass is 16.5. The van der Waals surface area contributed by atoms with E-state index in [-0.39, 0.29) is 0 Å². The molecule has 1 aliphatic rings. The molecule has 28 heavy (non-hydrogen) atoms. The molecule has 146 valence electrons. The number of benzene rings is 1. The molecule has 0 amide bonds. The number of methoxy groups -OCH3 is 2. The minimum absolute atomic E-state index is 0.586. The summed E-state index contributed by atoms with van der Waals surface area (Å²) in [6, 6.07) is 9.94. The van der Waals surface area contributed by atoms with E-state index in [4.69, 9.17) is 13.9 Å². The van der Waals surface area contributed by atoms with E-state index in [1.807, 2.05) is 25.1 Å². The van der Waals surface area contributed by atoms with E-state index >= 15 is 0 Å². The number of ether oxygens (including phenoxy) is 2. The van der Waals surface area contributed by atoms with Gasteiger partial charge in [0.1, 0.15) is 23.2 Å². The first-order valence-corrected chi connectivity index (χ1v) is 9.27. The molecule has 1 N–H and O–H groups in total. The van der Waals surface area contributed by atoms with Gasteiger partial charge in [0.05, 0.1) is 27.0 Å². The second-order valence-corrected chi connectivity index (χ2v) is 6.74. The summed E-state index contributed by atoms with van der Waals surface area (Å²) in [7, 11) is 3.33. The molecule has 0 saturated heterocycles. The van der Waals surface area contributed by atoms with E-state index in [9.17, 15) is 0 Å². The third kappa shape index (κ3) is 3.74. The molecule has 0 bridgehead atoms. The van der Waals surface area contributed by atoms with Gasteiger partial charge in [0.25, 0.3) is 0 Å². The number of nitrogens with zero attached hydrogens (tertiary/aromatic N) is 3. The van der Waals surface area contributed by atoms with Crippen LogP contribution in [0.15, 0.2) is 41.0 Å². The van der Waals surface area contributed by atoms with Crippen molar-refractivity contribution in [2.75, 3.05) is 31.0 Å². The predicted octanol–water partition coefficient (Wildman–Crippen LogP) is 3.57. The van der Waals surface area contributed by atoms with Crippen LogP contribution in [-0.2, 0) is 19.5 Å². The van der Waals surface area contributed by atoms with Crippen LogP contribution in [0.5, 0.6) is 11.5 Å². The van der Waals surface area contributed by atoms with Crippen LogP contribution in [0.25, 0.3) is 0 Å². The smallest absolute Gasteiger partial charge is 0.161 e. The van der Waals surface area contributed by atoms with E-state index in [0.29, 0.717) is 6.54 Å². The van der Waals surface area contributed by atoms with Gasteiger partial charge >= 0.3 is 0 Å². The van der Waals surface area contributed by atoms with E-state index < -0.39 is 0 Å². The molecule has 3 heterocycles. The van der Waals surface area contributed by atoms with E-state index in [2.05, 4.69) is 32.3 Å². The molecule has 3 aromatic rings. The summed E-state index contributed by atoms with van der Waals surface area (Å²) in [5, 5.41) is 3.31. The first-order chi connectivity index (χ1) is 13.7. The lowest BCUT2D eigenvalue weighted by molar-refractivity contribution is 0.353. The maximum absolute atomic E-state index is 5.46. The van der Waals surface area contributed by atoms with Crippen molar-refractivity contribution >= 4 is 11.6 Å². The van der Waals surface area contributed by atoms with Crippen molar-refractivity contribution in [1.82, 2.24) is 9.97 Å². The quantitative estimate of drug-likeness (QED) is 0.701. The molecule has 1 aromatic carbocycles. The molecular weight excluding hydrogens is 356 g/mol. The van der Waals surface area contributed by atoms with Gasteiger partial charge in [0.15, 0.2) is 11.5 Å². The van der Waals surface area contributed by atoms with Crippen LogP contribution >= 0.6 is 0 Å². The van der Waals surface area contributed by atoms with Crippen molar-refractivity contribution in [2.45, 2.75) is 26.4 Å². The van der Waals surface area contributed by atoms with Gasteiger partial charge in [-0.2, -0.15) is 0 Å². The molecule has 0 fully saturated rings. The lowest BCUT2D eigenvalue weighted by Crippen LogP contribution is -2.31. The van der Waals surface area contributed by atoms with Gasteiger partial charge < -0.3 is 24.1 Å². The molecule has 0 atom stereocenters. The topological polar surface area (TPSA) is 72.7 Å². The van der Waals surface area contributed by atoms with Crippen molar-refractivity contribution in [3.8, 4) is 11.5 Å². The summed E-state index contributed by atoms with van der Waals surface area (Å²) in [6.45, 7) is 4.15. The largest absolute Gasteiger partial charge is 0.493 e. The van der Waals surface area contributed by atoms with Crippen LogP contribution < -0.4 is 19.7 Å². The highest BCUT2D eigenvalue weighted by molar-refractivity contribution is 5.54. The Hall–Kier alpha value is -3.22. The number of nitrogens with one attached hydrogen (secondary N) is 1. The fourth-order valence-electron chi connectivity index (χ4n) is 3.47. The zero-order valence-corrected chi connectivity index (χ0v) is 16.4. The Kier molecular flexibility index (Phi) is 5.06. The fraction of sp³-hybridized carbons (Fsp3) is 0.333. The molecule has 0 radical (unpaired) electrons. The SMILES string of the molecule is COc1cc2c(cc1OC)CN(c1cc(NCc3ccco3)nc(C)n1)CC2. The third-order valence-electron chi connectivity index (χ3n) is 4.89. The van der Waals surface area contributed by atoms with E-state index in [1.54, 1.807) is 20.5 Å². The van der Waals surface area contributed by atoms with Gasteiger partial charge in [-0.3, -0.25) is 0 Å². The maximum atomic E-state index is 5.46. The summed E-state index contributed by atoms with van der Waals surface area (Å²) in [5.41, 5.74) is 2.51. The molecule has 7 nitrogen and oxygen atoms in total. The minimum Gasteiger partial charge on any atom is -0.493 e. The van der Waals surface area contributed by atoms with Crippen molar-refractivity contribution in [2.24, 2.45) is 0 Å². The summed E-state index contributed by atoms with van der Waals surface area (Å²) in [5.74, 6) is 4.83. The van der Waals surface area contributed by atoms with Gasteiger partial charge in [-0.25, -0.2) is 9.97 Å². The summed E-state index contributed by atoms with van der Waals surface area (Å²) < 4.78 is 16.3. The maximum Gasteiger partial charge on any atom is 0.161 e. The molecule has 0 spiro atoms. The van der Waals surface area contributed by atoms with Crippen molar-refractivity contribution in [3.05, 3.63) is 59.3 Å². The first-order valence-electron chi connectivity index (χ1n) is 9.27. The number of aryl methyl sites for hydroxylation is 1. The third-order valence-corrected chi connectivity index (χ3v) is 4.89. The van der Waals surface area contributed by atoms with Crippen LogP contribution in [0.1, 0.15) is 22.7 Å². The Morgan fingerprint density at radius 1 is 1.11 bits per heavy atom. The van der Waals surface area contributed by atoms with E-state index in [1.165, 1.54) is 11.1 Å². The van der Waals surface area contributed by atoms with E-state index in [0.717, 1.165) is 54.2 Å². The number of aromatic nitrogens is 2. The average Bonchev–Trinajstić information content (AvgIpc) is 3.24. The minimum atomic E-state index is 0.586. The highest BCUT2D eigenvalue weighted by Gasteiger charge is 2.21. The molecular formula is C21H24N4O3. The van der Waals surface area contributed by atoms with Gasteiger partial charge in [-0.1, -0.05) is 0 Å². The fourth-order valence-corrected chi connectivity index (χ4v) is 3.47. The average molecular weight is 380 g/mol. The summed E-state index contributed by atoms with van der Waals surface area (Å²) >= 11 is 0. The predicted molar refractivity (Wildman–Crippen MR) is 107 cm³/mol. The Morgan fingerprint density at radius 3 is 2.61 bits per heavy atom. The molecule has 0 saturated carbocycles. The number of hydrogen-bond acceptors (Lipinski definition) is 7. The van der Waals surface area contributed by atoms with Gasteiger partial charge in [-0.05, 0) is 48.7 Å². The highest BCUT2D eigenvalue weighted by Crippen LogP contribution is 2.34. The van der Waals surface area contributed by atoms with Crippen LogP contribution in [0.2, 0.25) is 0 Å². The second kappa shape index (κ2) is 7.80. The van der Waals surface area contributed by atoms with Crippen LogP contribution in [0.3, 0.4) is 0 Å². The molecule has 4 rings (SSSR count). The first kappa shape index (κ1) is 18.2. The summed E-state index contributed by atoms with van der Waals surface area (Å²) in [4.78, 5) is 11.4. The molecule has 1 aliphatic heterocycles. The Bertz CT molecular complexity index is 957. The number of fused-ring (bicyclic) bond motifs is 1. The monoisotopic (exact) mass is 380 g/mol. The Morgan fingerprint density at radius 2 is 1.89 bits per heavy atom. The van der Waals surface area contributed by atoms with Crippen LogP contribution in [-0.4, -0.2) is 30.7 Å². The molecule has 2 aromatic heterocycles. The number of anilines is 2. The summed E-state index contributed by atoms with van der Waals surface area (Å²) in [6.07, 6.45) is 2.59. The number of rotatable bonds is 6. The van der Waals surface area contributed by atoms with Gasteiger partial charge in [0.2, 0.25) is 0 Å². The lowest BCUT2D eigenvalue weighted by Gasteiger charge is -2.30. The zero-order chi connectivity index (χ0) is 19.5. The lowest BCUT2D eigenvalue weighted by atomic mass is 9.99. The van der Waals surface area contributed by atoms with Gasteiger partial charge in [0, 0.05) is 19.2 Å². The van der Waals surface area contributed by atoms with Crippen molar-refractivity contribution < 1.29 is 13.9 Å². The van der Waals surface area contributed by atoms with Crippen molar-refractivity contribution in [3.63, 3.8) is 0 Å². The Balaban J connectivity index is 1.55. The van der Waals surface area contributed by atoms with Gasteiger partial charge in [-0.15, -0.1) is 0 Å². The number of hydrogen-bond donors (Lipinski definition) is 1. The second-order valence-electron chi connectivity index (χ2n) is 6.74. The standard InChI is InChI=1S/C21H24N4O3/c1-14-23-20(22-12-17-5-4-8-28-17)11-21(24-14)25-7-6-15-9-18(26-2)19(27-3)10-16(15)13-25/h4-5,8-11H,6-7,12-13H2,1-3H3,(H,22,23,24). The number of furan rings is 1. The zero-order valence-electron chi connectivity index (χ0n) is 16.4. The molecule has 0 unspecified atom stereocenters. The van der Waals surface area contributed by atoms with Crippen LogP contribution in [0, 0.1) is 6.92 Å². The Labute approximate surface area is 164 Å². The van der Waals surface area contributed by atoms with Crippen LogP contribution in [0.4, 0.5) is 11.6 Å². The normalized spacial score (nSPS) is 13.2. The molecule has 0 aliphatic carbocycles.